The lowest BCUT2D eigenvalue weighted by atomic mass is 10.2. The number of thioether (sulfide) groups is 1. The van der Waals surface area contributed by atoms with Gasteiger partial charge in [0.1, 0.15) is 0 Å². The molecule has 0 spiro atoms. The van der Waals surface area contributed by atoms with Gasteiger partial charge in [-0.15, -0.1) is 11.8 Å². The number of benzene rings is 2. The van der Waals surface area contributed by atoms with Gasteiger partial charge in [0.15, 0.2) is 11.5 Å². The monoisotopic (exact) mass is 422 g/mol. The summed E-state index contributed by atoms with van der Waals surface area (Å²) in [7, 11) is -2.21. The quantitative estimate of drug-likeness (QED) is 0.712. The van der Waals surface area contributed by atoms with Crippen molar-refractivity contribution in [2.45, 2.75) is 29.7 Å². The van der Waals surface area contributed by atoms with E-state index in [-0.39, 0.29) is 17.3 Å². The number of amides is 1. The van der Waals surface area contributed by atoms with Gasteiger partial charge in [-0.3, -0.25) is 4.79 Å². The highest BCUT2D eigenvalue weighted by atomic mass is 32.2. The molecule has 1 amide bonds. The Hall–Kier alpha value is -2.23. The number of carbonyl (C=O) groups is 1. The first-order valence-corrected chi connectivity index (χ1v) is 11.3. The average Bonchev–Trinajstić information content (AvgIpc) is 2.87. The number of methoxy groups -OCH3 is 1. The van der Waals surface area contributed by atoms with Crippen molar-refractivity contribution in [2.24, 2.45) is 0 Å². The Morgan fingerprint density at radius 3 is 2.75 bits per heavy atom. The van der Waals surface area contributed by atoms with Gasteiger partial charge in [0, 0.05) is 23.6 Å². The van der Waals surface area contributed by atoms with E-state index in [1.165, 1.54) is 24.9 Å². The minimum atomic E-state index is -3.74. The van der Waals surface area contributed by atoms with Crippen molar-refractivity contribution in [2.75, 3.05) is 24.8 Å². The molecule has 9 heteroatoms. The summed E-state index contributed by atoms with van der Waals surface area (Å²) in [4.78, 5) is 12.7. The van der Waals surface area contributed by atoms with Crippen molar-refractivity contribution in [3.05, 3.63) is 42.0 Å². The number of fused-ring (bicyclic) bond motifs is 1. The maximum Gasteiger partial charge on any atom is 0.240 e. The Morgan fingerprint density at radius 2 is 2.00 bits per heavy atom. The van der Waals surface area contributed by atoms with Gasteiger partial charge in [-0.1, -0.05) is 6.07 Å². The second-order valence-corrected chi connectivity index (χ2v) is 8.95. The van der Waals surface area contributed by atoms with Gasteiger partial charge in [0.25, 0.3) is 0 Å². The summed E-state index contributed by atoms with van der Waals surface area (Å²) in [6, 6.07) is 10.0. The third-order valence-electron chi connectivity index (χ3n) is 4.12. The summed E-state index contributed by atoms with van der Waals surface area (Å²) >= 11 is 1.53. The maximum absolute atomic E-state index is 12.7. The lowest BCUT2D eigenvalue weighted by Gasteiger charge is -2.13. The Balaban J connectivity index is 1.76. The van der Waals surface area contributed by atoms with Crippen molar-refractivity contribution in [1.82, 2.24) is 4.72 Å². The maximum atomic E-state index is 12.7. The van der Waals surface area contributed by atoms with E-state index in [1.807, 2.05) is 6.92 Å². The average molecular weight is 423 g/mol. The van der Waals surface area contributed by atoms with Gasteiger partial charge in [0.2, 0.25) is 15.9 Å². The number of hydrogen-bond donors (Lipinski definition) is 2. The van der Waals surface area contributed by atoms with E-state index < -0.39 is 10.0 Å². The Kier molecular flexibility index (Phi) is 6.48. The number of sulfonamides is 1. The third-order valence-corrected chi connectivity index (χ3v) is 6.59. The lowest BCUT2D eigenvalue weighted by Crippen LogP contribution is -2.23. The number of hydrogen-bond acceptors (Lipinski definition) is 6. The normalized spacial score (nSPS) is 14.0. The summed E-state index contributed by atoms with van der Waals surface area (Å²) < 4.78 is 38.7. The second-order valence-electron chi connectivity index (χ2n) is 6.05. The molecule has 0 aliphatic carbocycles. The van der Waals surface area contributed by atoms with Crippen LogP contribution in [0.4, 0.5) is 5.69 Å². The smallest absolute Gasteiger partial charge is 0.240 e. The molecule has 28 heavy (non-hydrogen) atoms. The van der Waals surface area contributed by atoms with E-state index in [4.69, 9.17) is 9.47 Å². The number of ether oxygens (including phenoxy) is 2. The van der Waals surface area contributed by atoms with E-state index in [1.54, 1.807) is 30.3 Å². The molecule has 2 aromatic rings. The zero-order chi connectivity index (χ0) is 20.1. The van der Waals surface area contributed by atoms with Gasteiger partial charge in [-0.05, 0) is 42.8 Å². The van der Waals surface area contributed by atoms with Crippen LogP contribution in [0, 0.1) is 0 Å². The van der Waals surface area contributed by atoms with Gasteiger partial charge in [0.05, 0.1) is 24.3 Å². The fraction of sp³-hybridized carbons (Fsp3) is 0.316. The zero-order valence-corrected chi connectivity index (χ0v) is 17.3. The van der Waals surface area contributed by atoms with Crippen LogP contribution in [0.15, 0.2) is 46.2 Å². The first-order valence-electron chi connectivity index (χ1n) is 8.79. The van der Waals surface area contributed by atoms with E-state index in [9.17, 15) is 13.2 Å². The standard InChI is InChI=1S/C19H22N2O5S2/c1-3-26-16-6-4-13(10-17(16)25-2)12-20-28(23,24)14-5-7-18-15(11-14)21-19(22)8-9-27-18/h4-7,10-11,20H,3,8-9,12H2,1-2H3,(H,21,22). The summed E-state index contributed by atoms with van der Waals surface area (Å²) in [6.45, 7) is 2.49. The SMILES string of the molecule is CCOc1ccc(CNS(=O)(=O)c2ccc3c(c2)NC(=O)CCS3)cc1OC. The van der Waals surface area contributed by atoms with E-state index in [0.29, 0.717) is 36.0 Å². The Labute approximate surface area is 168 Å². The molecule has 0 radical (unpaired) electrons. The predicted molar refractivity (Wildman–Crippen MR) is 109 cm³/mol. The molecule has 1 aliphatic rings. The van der Waals surface area contributed by atoms with Crippen molar-refractivity contribution >= 4 is 33.4 Å². The van der Waals surface area contributed by atoms with Gasteiger partial charge >= 0.3 is 0 Å². The number of carbonyl (C=O) groups excluding carboxylic acids is 1. The molecule has 3 rings (SSSR count). The molecule has 0 saturated heterocycles. The van der Waals surface area contributed by atoms with Crippen LogP contribution >= 0.6 is 11.8 Å². The largest absolute Gasteiger partial charge is 0.493 e. The molecule has 150 valence electrons. The van der Waals surface area contributed by atoms with Crippen LogP contribution < -0.4 is 19.5 Å². The molecule has 0 saturated carbocycles. The molecule has 0 unspecified atom stereocenters. The van der Waals surface area contributed by atoms with Crippen LogP contribution in [0.2, 0.25) is 0 Å². The number of rotatable bonds is 7. The lowest BCUT2D eigenvalue weighted by molar-refractivity contribution is -0.115. The Bertz CT molecular complexity index is 976. The highest BCUT2D eigenvalue weighted by molar-refractivity contribution is 7.99. The molecule has 0 atom stereocenters. The molecule has 2 N–H and O–H groups in total. The van der Waals surface area contributed by atoms with E-state index in [0.717, 1.165) is 10.5 Å². The summed E-state index contributed by atoms with van der Waals surface area (Å²) in [5, 5.41) is 2.76. The van der Waals surface area contributed by atoms with Crippen molar-refractivity contribution in [3.63, 3.8) is 0 Å². The number of anilines is 1. The molecule has 0 bridgehead atoms. The minimum Gasteiger partial charge on any atom is -0.493 e. The van der Waals surface area contributed by atoms with E-state index in [2.05, 4.69) is 10.0 Å². The zero-order valence-electron chi connectivity index (χ0n) is 15.7. The molecule has 2 aromatic carbocycles. The molecule has 7 nitrogen and oxygen atoms in total. The van der Waals surface area contributed by atoms with Crippen LogP contribution in [0.1, 0.15) is 18.9 Å². The minimum absolute atomic E-state index is 0.100. The highest BCUT2D eigenvalue weighted by Crippen LogP contribution is 2.33. The number of nitrogens with one attached hydrogen (secondary N) is 2. The predicted octanol–water partition coefficient (Wildman–Crippen LogP) is 3.01. The summed E-state index contributed by atoms with van der Waals surface area (Å²) in [6.07, 6.45) is 0.402. The topological polar surface area (TPSA) is 93.7 Å². The first kappa shape index (κ1) is 20.5. The molecular weight excluding hydrogens is 400 g/mol. The molecular formula is C19H22N2O5S2. The fourth-order valence-corrected chi connectivity index (χ4v) is 4.71. The van der Waals surface area contributed by atoms with Crippen molar-refractivity contribution in [1.29, 1.82) is 0 Å². The summed E-state index contributed by atoms with van der Waals surface area (Å²) in [5.41, 5.74) is 1.26. The van der Waals surface area contributed by atoms with E-state index >= 15 is 0 Å². The van der Waals surface area contributed by atoms with Gasteiger partial charge in [-0.2, -0.15) is 0 Å². The molecule has 0 aromatic heterocycles. The summed E-state index contributed by atoms with van der Waals surface area (Å²) in [5.74, 6) is 1.71. The van der Waals surface area contributed by atoms with Crippen LogP contribution in [0.25, 0.3) is 0 Å². The molecule has 1 heterocycles. The first-order chi connectivity index (χ1) is 13.4. The molecule has 0 fully saturated rings. The third kappa shape index (κ3) is 4.78. The van der Waals surface area contributed by atoms with Crippen LogP contribution in [0.5, 0.6) is 11.5 Å². The molecule has 1 aliphatic heterocycles. The van der Waals surface area contributed by atoms with Crippen LogP contribution in [-0.4, -0.2) is 33.8 Å². The second kappa shape index (κ2) is 8.85. The van der Waals surface area contributed by atoms with Gasteiger partial charge in [-0.25, -0.2) is 13.1 Å². The Morgan fingerprint density at radius 1 is 1.18 bits per heavy atom. The fourth-order valence-electron chi connectivity index (χ4n) is 2.72. The van der Waals surface area contributed by atoms with Gasteiger partial charge < -0.3 is 14.8 Å². The highest BCUT2D eigenvalue weighted by Gasteiger charge is 2.19. The van der Waals surface area contributed by atoms with Crippen molar-refractivity contribution in [3.8, 4) is 11.5 Å². The van der Waals surface area contributed by atoms with Crippen LogP contribution in [-0.2, 0) is 21.4 Å². The van der Waals surface area contributed by atoms with Crippen LogP contribution in [0.3, 0.4) is 0 Å². The van der Waals surface area contributed by atoms with Crippen molar-refractivity contribution < 1.29 is 22.7 Å².